The second-order valence-corrected chi connectivity index (χ2v) is 10.7. The van der Waals surface area contributed by atoms with Gasteiger partial charge >= 0.3 is 0 Å². The topological polar surface area (TPSA) is 92.3 Å². The lowest BCUT2D eigenvalue weighted by molar-refractivity contribution is 0.491. The zero-order valence-corrected chi connectivity index (χ0v) is 17.6. The molecule has 0 aliphatic carbocycles. The van der Waals surface area contributed by atoms with Crippen LogP contribution in [0.2, 0.25) is 0 Å². The highest BCUT2D eigenvalue weighted by Crippen LogP contribution is 2.20. The minimum absolute atomic E-state index is 0.0734. The third-order valence-electron chi connectivity index (χ3n) is 3.63. The lowest BCUT2D eigenvalue weighted by atomic mass is 10.1. The molecular weight excluding hydrogens is 384 g/mol. The third kappa shape index (κ3) is 6.05. The molecule has 0 atom stereocenters. The smallest absolute Gasteiger partial charge is 0.261 e. The van der Waals surface area contributed by atoms with Crippen molar-refractivity contribution in [3.63, 3.8) is 0 Å². The van der Waals surface area contributed by atoms with Gasteiger partial charge in [0.25, 0.3) is 10.0 Å². The van der Waals surface area contributed by atoms with E-state index >= 15 is 0 Å². The van der Waals surface area contributed by atoms with Crippen molar-refractivity contribution < 1.29 is 16.8 Å². The first-order valence-corrected chi connectivity index (χ1v) is 11.7. The number of hydrogen-bond acceptors (Lipinski definition) is 4. The van der Waals surface area contributed by atoms with Gasteiger partial charge in [0.05, 0.1) is 9.79 Å². The molecule has 0 amide bonds. The normalized spacial score (nSPS) is 12.7. The van der Waals surface area contributed by atoms with Gasteiger partial charge in [0.15, 0.2) is 0 Å². The number of nitrogens with one attached hydrogen (secondary N) is 2. The highest BCUT2D eigenvalue weighted by atomic mass is 32.2. The van der Waals surface area contributed by atoms with Crippen LogP contribution in [0.4, 0.5) is 5.69 Å². The highest BCUT2D eigenvalue weighted by molar-refractivity contribution is 7.92. The Kier molecular flexibility index (Phi) is 6.34. The predicted molar refractivity (Wildman–Crippen MR) is 108 cm³/mol. The Hall–Kier alpha value is -1.90. The van der Waals surface area contributed by atoms with Gasteiger partial charge in [-0.2, -0.15) is 0 Å². The fourth-order valence-electron chi connectivity index (χ4n) is 2.50. The first kappa shape index (κ1) is 21.4. The Labute approximate surface area is 162 Å². The monoisotopic (exact) mass is 410 g/mol. The lowest BCUT2D eigenvalue weighted by Gasteiger charge is -2.20. The van der Waals surface area contributed by atoms with E-state index in [4.69, 9.17) is 0 Å². The molecule has 2 rings (SSSR count). The van der Waals surface area contributed by atoms with Crippen molar-refractivity contribution in [3.05, 3.63) is 54.1 Å². The number of anilines is 1. The van der Waals surface area contributed by atoms with Gasteiger partial charge in [-0.15, -0.1) is 0 Å². The van der Waals surface area contributed by atoms with Gasteiger partial charge in [0.2, 0.25) is 10.0 Å². The molecule has 27 heavy (non-hydrogen) atoms. The van der Waals surface area contributed by atoms with Crippen LogP contribution in [0.15, 0.2) is 58.3 Å². The summed E-state index contributed by atoms with van der Waals surface area (Å²) in [6.45, 7) is 7.31. The SMILES string of the molecule is CCCc1ccc(S(=O)(=O)Nc2ccc(S(=O)(=O)NC(C)(C)C)cc2)cc1. The van der Waals surface area contributed by atoms with Crippen LogP contribution in [0.1, 0.15) is 39.7 Å². The van der Waals surface area contributed by atoms with Crippen LogP contribution in [0.5, 0.6) is 0 Å². The summed E-state index contributed by atoms with van der Waals surface area (Å²) in [6, 6.07) is 12.3. The van der Waals surface area contributed by atoms with Gasteiger partial charge in [0.1, 0.15) is 0 Å². The molecule has 0 radical (unpaired) electrons. The summed E-state index contributed by atoms with van der Waals surface area (Å²) in [4.78, 5) is 0.234. The summed E-state index contributed by atoms with van der Waals surface area (Å²) in [5, 5.41) is 0. The molecule has 0 aliphatic heterocycles. The van der Waals surface area contributed by atoms with Crippen molar-refractivity contribution in [2.24, 2.45) is 0 Å². The van der Waals surface area contributed by atoms with Gasteiger partial charge in [-0.1, -0.05) is 25.5 Å². The summed E-state index contributed by atoms with van der Waals surface area (Å²) in [6.07, 6.45) is 1.88. The minimum atomic E-state index is -3.74. The minimum Gasteiger partial charge on any atom is -0.280 e. The molecule has 0 aliphatic rings. The van der Waals surface area contributed by atoms with Gasteiger partial charge in [-0.05, 0) is 69.2 Å². The van der Waals surface area contributed by atoms with E-state index in [1.54, 1.807) is 45.0 Å². The second kappa shape index (κ2) is 8.00. The molecule has 0 heterocycles. The van der Waals surface area contributed by atoms with E-state index in [2.05, 4.69) is 16.4 Å². The van der Waals surface area contributed by atoms with Crippen molar-refractivity contribution >= 4 is 25.7 Å². The Bertz CT molecular complexity index is 974. The number of sulfonamides is 2. The quantitative estimate of drug-likeness (QED) is 0.730. The molecule has 0 unspecified atom stereocenters. The van der Waals surface area contributed by atoms with Crippen LogP contribution < -0.4 is 9.44 Å². The fourth-order valence-corrected chi connectivity index (χ4v) is 4.98. The molecular formula is C19H26N2O4S2. The molecule has 148 valence electrons. The predicted octanol–water partition coefficient (Wildman–Crippen LogP) is 3.52. The molecule has 2 N–H and O–H groups in total. The van der Waals surface area contributed by atoms with Gasteiger partial charge in [-0.25, -0.2) is 21.6 Å². The van der Waals surface area contributed by atoms with E-state index in [0.29, 0.717) is 5.69 Å². The maximum Gasteiger partial charge on any atom is 0.261 e. The van der Waals surface area contributed by atoms with E-state index in [1.807, 2.05) is 0 Å². The van der Waals surface area contributed by atoms with Crippen molar-refractivity contribution in [2.75, 3.05) is 4.72 Å². The zero-order valence-electron chi connectivity index (χ0n) is 16.0. The third-order valence-corrected chi connectivity index (χ3v) is 6.80. The van der Waals surface area contributed by atoms with Crippen LogP contribution in [-0.4, -0.2) is 22.4 Å². The Balaban J connectivity index is 2.18. The average Bonchev–Trinajstić information content (AvgIpc) is 2.53. The summed E-state index contributed by atoms with van der Waals surface area (Å²) < 4.78 is 54.6. The van der Waals surface area contributed by atoms with E-state index in [9.17, 15) is 16.8 Å². The summed E-state index contributed by atoms with van der Waals surface area (Å²) in [5.41, 5.74) is 0.767. The molecule has 0 bridgehead atoms. The Morgan fingerprint density at radius 3 is 1.74 bits per heavy atom. The van der Waals surface area contributed by atoms with Crippen LogP contribution in [0, 0.1) is 0 Å². The number of benzene rings is 2. The molecule has 0 spiro atoms. The van der Waals surface area contributed by atoms with Crippen molar-refractivity contribution in [2.45, 2.75) is 55.9 Å². The highest BCUT2D eigenvalue weighted by Gasteiger charge is 2.22. The van der Waals surface area contributed by atoms with Crippen molar-refractivity contribution in [1.29, 1.82) is 0 Å². The van der Waals surface area contributed by atoms with Crippen LogP contribution >= 0.6 is 0 Å². The summed E-state index contributed by atoms with van der Waals surface area (Å²) >= 11 is 0. The number of rotatable bonds is 7. The van der Waals surface area contributed by atoms with Crippen LogP contribution in [0.3, 0.4) is 0 Å². The largest absolute Gasteiger partial charge is 0.280 e. The summed E-state index contributed by atoms with van der Waals surface area (Å²) in [7, 11) is -7.41. The molecule has 2 aromatic rings. The summed E-state index contributed by atoms with van der Waals surface area (Å²) in [5.74, 6) is 0. The van der Waals surface area contributed by atoms with E-state index < -0.39 is 25.6 Å². The first-order chi connectivity index (χ1) is 12.4. The molecule has 0 aromatic heterocycles. The average molecular weight is 411 g/mol. The van der Waals surface area contributed by atoms with E-state index in [0.717, 1.165) is 18.4 Å². The molecule has 6 nitrogen and oxygen atoms in total. The van der Waals surface area contributed by atoms with Gasteiger partial charge < -0.3 is 0 Å². The lowest BCUT2D eigenvalue weighted by Crippen LogP contribution is -2.40. The number of hydrogen-bond donors (Lipinski definition) is 2. The van der Waals surface area contributed by atoms with Gasteiger partial charge in [0, 0.05) is 11.2 Å². The second-order valence-electron chi connectivity index (χ2n) is 7.38. The zero-order chi connectivity index (χ0) is 20.3. The van der Waals surface area contributed by atoms with Crippen molar-refractivity contribution in [3.8, 4) is 0 Å². The van der Waals surface area contributed by atoms with Crippen molar-refractivity contribution in [1.82, 2.24) is 4.72 Å². The molecule has 0 saturated carbocycles. The first-order valence-electron chi connectivity index (χ1n) is 8.69. The van der Waals surface area contributed by atoms with Crippen LogP contribution in [0.25, 0.3) is 0 Å². The Morgan fingerprint density at radius 2 is 1.26 bits per heavy atom. The standard InChI is InChI=1S/C19H26N2O4S2/c1-5-6-15-7-11-17(12-8-15)26(22,23)20-16-9-13-18(14-10-16)27(24,25)21-19(2,3)4/h7-14,20-21H,5-6H2,1-4H3. The molecule has 0 fully saturated rings. The van der Waals surface area contributed by atoms with E-state index in [-0.39, 0.29) is 9.79 Å². The van der Waals surface area contributed by atoms with E-state index in [1.165, 1.54) is 24.3 Å². The Morgan fingerprint density at radius 1 is 0.778 bits per heavy atom. The molecule has 2 aromatic carbocycles. The number of aryl methyl sites for hydroxylation is 1. The molecule has 8 heteroatoms. The van der Waals surface area contributed by atoms with Gasteiger partial charge in [-0.3, -0.25) is 4.72 Å². The maximum absolute atomic E-state index is 12.5. The van der Waals surface area contributed by atoms with Crippen LogP contribution in [-0.2, 0) is 26.5 Å². The fraction of sp³-hybridized carbons (Fsp3) is 0.368. The maximum atomic E-state index is 12.5. The molecule has 0 saturated heterocycles.